The van der Waals surface area contributed by atoms with Crippen LogP contribution in [0, 0.1) is 11.8 Å². The fraction of sp³-hybridized carbons (Fsp3) is 0.650. The lowest BCUT2D eigenvalue weighted by Crippen LogP contribution is -2.58. The van der Waals surface area contributed by atoms with E-state index in [0.717, 1.165) is 18.4 Å². The Bertz CT molecular complexity index is 621. The second-order valence-electron chi connectivity index (χ2n) is 7.76. The molecule has 0 aliphatic carbocycles. The van der Waals surface area contributed by atoms with E-state index in [9.17, 15) is 4.79 Å². The number of hydrogen-bond donors (Lipinski definition) is 1. The molecule has 0 saturated carbocycles. The Morgan fingerprint density at radius 3 is 3.00 bits per heavy atom. The number of carbonyl (C=O) groups excluding carboxylic acids is 1. The van der Waals surface area contributed by atoms with Crippen LogP contribution in [-0.4, -0.2) is 63.3 Å². The van der Waals surface area contributed by atoms with Gasteiger partial charge in [0.05, 0.1) is 0 Å². The summed E-state index contributed by atoms with van der Waals surface area (Å²) in [5.74, 6) is 1.54. The van der Waals surface area contributed by atoms with Crippen LogP contribution in [0.4, 0.5) is 5.69 Å². The minimum atomic E-state index is -0.00429. The average molecular weight is 343 g/mol. The van der Waals surface area contributed by atoms with Crippen LogP contribution in [0.15, 0.2) is 24.3 Å². The highest BCUT2D eigenvalue weighted by molar-refractivity contribution is 5.77. The van der Waals surface area contributed by atoms with Crippen LogP contribution in [0.2, 0.25) is 0 Å². The second kappa shape index (κ2) is 7.34. The van der Waals surface area contributed by atoms with Gasteiger partial charge in [0.1, 0.15) is 6.61 Å². The van der Waals surface area contributed by atoms with Gasteiger partial charge in [0, 0.05) is 45.0 Å². The van der Waals surface area contributed by atoms with Crippen LogP contribution in [-0.2, 0) is 16.0 Å². The standard InChI is InChI=1S/C20H29N3O2/c1-25-14-20(24)21-11-18-10-16-7-8-22(18)12-17(16)13-23-9-6-15-4-2-3-5-19(15)23/h2-5,16-18H,6-14H2,1H3,(H,21,24)/t16-,17+,18+/m0/s1. The lowest BCUT2D eigenvalue weighted by Gasteiger charge is -2.51. The molecule has 3 fully saturated rings. The smallest absolute Gasteiger partial charge is 0.246 e. The van der Waals surface area contributed by atoms with Crippen LogP contribution in [0.3, 0.4) is 0 Å². The molecule has 0 aromatic heterocycles. The number of benzene rings is 1. The first-order chi connectivity index (χ1) is 12.2. The fourth-order valence-corrected chi connectivity index (χ4v) is 4.96. The van der Waals surface area contributed by atoms with Gasteiger partial charge in [0.25, 0.3) is 0 Å². The molecule has 4 aliphatic rings. The first-order valence-electron chi connectivity index (χ1n) is 9.57. The number of nitrogens with one attached hydrogen (secondary N) is 1. The molecule has 5 heteroatoms. The Hall–Kier alpha value is -1.59. The molecule has 4 aliphatic heterocycles. The van der Waals surface area contributed by atoms with Crippen LogP contribution in [0.25, 0.3) is 0 Å². The van der Waals surface area contributed by atoms with Gasteiger partial charge in [-0.15, -0.1) is 0 Å². The summed E-state index contributed by atoms with van der Waals surface area (Å²) in [6.07, 6.45) is 3.71. The lowest BCUT2D eigenvalue weighted by atomic mass is 9.75. The molecule has 5 nitrogen and oxygen atoms in total. The number of piperidine rings is 3. The molecule has 1 aromatic rings. The second-order valence-corrected chi connectivity index (χ2v) is 7.76. The number of carbonyl (C=O) groups is 1. The number of fused-ring (bicyclic) bond motifs is 4. The molecule has 4 atom stereocenters. The molecule has 136 valence electrons. The summed E-state index contributed by atoms with van der Waals surface area (Å²) in [5.41, 5.74) is 2.95. The maximum Gasteiger partial charge on any atom is 0.246 e. The first-order valence-corrected chi connectivity index (χ1v) is 9.57. The highest BCUT2D eigenvalue weighted by atomic mass is 16.5. The number of hydrogen-bond acceptors (Lipinski definition) is 4. The van der Waals surface area contributed by atoms with Gasteiger partial charge < -0.3 is 15.0 Å². The van der Waals surface area contributed by atoms with Crippen LogP contribution < -0.4 is 10.2 Å². The summed E-state index contributed by atoms with van der Waals surface area (Å²) in [6.45, 7) is 5.63. The molecule has 4 heterocycles. The van der Waals surface area contributed by atoms with Gasteiger partial charge in [-0.1, -0.05) is 18.2 Å². The van der Waals surface area contributed by atoms with E-state index in [1.807, 2.05) is 0 Å². The number of nitrogens with zero attached hydrogens (tertiary/aromatic N) is 2. The summed E-state index contributed by atoms with van der Waals surface area (Å²) in [4.78, 5) is 16.8. The summed E-state index contributed by atoms with van der Waals surface area (Å²) in [5, 5.41) is 3.02. The fourth-order valence-electron chi connectivity index (χ4n) is 4.96. The third-order valence-electron chi connectivity index (χ3n) is 6.26. The van der Waals surface area contributed by atoms with Gasteiger partial charge in [-0.2, -0.15) is 0 Å². The summed E-state index contributed by atoms with van der Waals surface area (Å²) < 4.78 is 4.89. The third-order valence-corrected chi connectivity index (χ3v) is 6.26. The highest BCUT2D eigenvalue weighted by Gasteiger charge is 2.41. The molecule has 0 radical (unpaired) electrons. The average Bonchev–Trinajstić information content (AvgIpc) is 3.04. The van der Waals surface area contributed by atoms with Crippen LogP contribution in [0.5, 0.6) is 0 Å². The summed E-state index contributed by atoms with van der Waals surface area (Å²) in [7, 11) is 1.56. The maximum atomic E-state index is 11.6. The van der Waals surface area contributed by atoms with Crippen molar-refractivity contribution >= 4 is 11.6 Å². The molecule has 1 aromatic carbocycles. The maximum absolute atomic E-state index is 11.6. The zero-order valence-corrected chi connectivity index (χ0v) is 15.1. The Morgan fingerprint density at radius 1 is 1.32 bits per heavy atom. The van der Waals surface area contributed by atoms with E-state index in [1.54, 1.807) is 7.11 Å². The number of ether oxygens (including phenoxy) is 1. The molecular weight excluding hydrogens is 314 g/mol. The van der Waals surface area contributed by atoms with Gasteiger partial charge in [-0.05, 0) is 49.3 Å². The quantitative estimate of drug-likeness (QED) is 0.851. The van der Waals surface area contributed by atoms with Gasteiger partial charge in [0.2, 0.25) is 5.91 Å². The summed E-state index contributed by atoms with van der Waals surface area (Å²) >= 11 is 0. The van der Waals surface area contributed by atoms with Gasteiger partial charge in [-0.25, -0.2) is 0 Å². The van der Waals surface area contributed by atoms with E-state index in [2.05, 4.69) is 39.4 Å². The van der Waals surface area contributed by atoms with Gasteiger partial charge >= 0.3 is 0 Å². The van der Waals surface area contributed by atoms with Crippen LogP contribution >= 0.6 is 0 Å². The van der Waals surface area contributed by atoms with E-state index < -0.39 is 0 Å². The zero-order valence-electron chi connectivity index (χ0n) is 15.1. The molecule has 1 unspecified atom stereocenters. The molecule has 5 rings (SSSR count). The Balaban J connectivity index is 1.33. The number of methoxy groups -OCH3 is 1. The van der Waals surface area contributed by atoms with Crippen molar-refractivity contribution in [1.29, 1.82) is 0 Å². The molecule has 0 spiro atoms. The van der Waals surface area contributed by atoms with Crippen molar-refractivity contribution < 1.29 is 9.53 Å². The monoisotopic (exact) mass is 343 g/mol. The number of amides is 1. The minimum Gasteiger partial charge on any atom is -0.375 e. The zero-order chi connectivity index (χ0) is 17.2. The van der Waals surface area contributed by atoms with Crippen molar-refractivity contribution in [3.8, 4) is 0 Å². The minimum absolute atomic E-state index is 0.00429. The lowest BCUT2D eigenvalue weighted by molar-refractivity contribution is -0.125. The Kier molecular flexibility index (Phi) is 4.95. The van der Waals surface area contributed by atoms with Gasteiger partial charge in [0.15, 0.2) is 0 Å². The normalized spacial score (nSPS) is 30.4. The number of para-hydroxylation sites is 1. The molecule has 2 bridgehead atoms. The van der Waals surface area contributed by atoms with Crippen molar-refractivity contribution in [2.45, 2.75) is 25.3 Å². The van der Waals surface area contributed by atoms with Gasteiger partial charge in [-0.3, -0.25) is 9.69 Å². The van der Waals surface area contributed by atoms with E-state index in [4.69, 9.17) is 4.74 Å². The highest BCUT2D eigenvalue weighted by Crippen LogP contribution is 2.38. The molecule has 1 N–H and O–H groups in total. The number of anilines is 1. The SMILES string of the molecule is COCC(=O)NC[C@H]1C[C@@H]2CCN1C[C@@H]2CN1CCc2ccccc21. The molecular formula is C20H29N3O2. The Labute approximate surface area is 150 Å². The van der Waals surface area contributed by atoms with Crippen molar-refractivity contribution in [2.75, 3.05) is 51.3 Å². The van der Waals surface area contributed by atoms with Crippen molar-refractivity contribution in [3.63, 3.8) is 0 Å². The van der Waals surface area contributed by atoms with Crippen molar-refractivity contribution in [1.82, 2.24) is 10.2 Å². The van der Waals surface area contributed by atoms with E-state index >= 15 is 0 Å². The summed E-state index contributed by atoms with van der Waals surface area (Å²) in [6, 6.07) is 9.36. The predicted molar refractivity (Wildman–Crippen MR) is 98.8 cm³/mol. The van der Waals surface area contributed by atoms with E-state index in [1.165, 1.54) is 56.7 Å². The number of rotatable bonds is 6. The third kappa shape index (κ3) is 3.53. The predicted octanol–water partition coefficient (Wildman–Crippen LogP) is 1.52. The topological polar surface area (TPSA) is 44.8 Å². The Morgan fingerprint density at radius 2 is 2.20 bits per heavy atom. The molecule has 1 amide bonds. The largest absolute Gasteiger partial charge is 0.375 e. The van der Waals surface area contributed by atoms with Crippen LogP contribution in [0.1, 0.15) is 18.4 Å². The molecule has 3 saturated heterocycles. The van der Waals surface area contributed by atoms with Crippen molar-refractivity contribution in [2.24, 2.45) is 11.8 Å². The van der Waals surface area contributed by atoms with Crippen molar-refractivity contribution in [3.05, 3.63) is 29.8 Å². The molecule has 25 heavy (non-hydrogen) atoms. The van der Waals surface area contributed by atoms with E-state index in [-0.39, 0.29) is 12.5 Å². The first kappa shape index (κ1) is 16.9. The van der Waals surface area contributed by atoms with E-state index in [0.29, 0.717) is 6.04 Å².